The molecule has 7 heteroatoms. The Morgan fingerprint density at radius 1 is 1.32 bits per heavy atom. The van der Waals surface area contributed by atoms with E-state index in [1.54, 1.807) is 12.1 Å². The van der Waals surface area contributed by atoms with Gasteiger partial charge in [0.1, 0.15) is 0 Å². The van der Waals surface area contributed by atoms with Crippen LogP contribution in [-0.2, 0) is 27.0 Å². The summed E-state index contributed by atoms with van der Waals surface area (Å²) in [6.45, 7) is 0.858. The van der Waals surface area contributed by atoms with Crippen LogP contribution in [-0.4, -0.2) is 52.0 Å². The lowest BCUT2D eigenvalue weighted by molar-refractivity contribution is 0.414. The summed E-state index contributed by atoms with van der Waals surface area (Å²) in [6.07, 6.45) is 3.38. The minimum Gasteiger partial charge on any atom is -0.309 e. The Morgan fingerprint density at radius 2 is 2.05 bits per heavy atom. The van der Waals surface area contributed by atoms with Crippen LogP contribution < -0.4 is 4.72 Å². The maximum absolute atomic E-state index is 11.7. The highest BCUT2D eigenvalue weighted by Crippen LogP contribution is 2.23. The van der Waals surface area contributed by atoms with Crippen molar-refractivity contribution in [3.63, 3.8) is 0 Å². The molecule has 0 saturated carbocycles. The molecule has 0 aliphatic carbocycles. The van der Waals surface area contributed by atoms with Crippen molar-refractivity contribution in [2.45, 2.75) is 12.2 Å². The average Bonchev–Trinajstić information content (AvgIpc) is 2.82. The normalized spacial score (nSPS) is 12.2. The summed E-state index contributed by atoms with van der Waals surface area (Å²) in [5, 5.41) is 0.928. The SMILES string of the molecule is CNS(=O)(=O)Cc1ccc2c(c1)c(CCN(C)C)cn2C=O. The number of benzene rings is 1. The van der Waals surface area contributed by atoms with E-state index >= 15 is 0 Å². The van der Waals surface area contributed by atoms with Gasteiger partial charge in [0, 0.05) is 18.1 Å². The number of carbonyl (C=O) groups excluding carboxylic acids is 1. The fourth-order valence-electron chi connectivity index (χ4n) is 2.38. The van der Waals surface area contributed by atoms with Crippen LogP contribution in [0.2, 0.25) is 0 Å². The highest BCUT2D eigenvalue weighted by Gasteiger charge is 2.13. The van der Waals surface area contributed by atoms with E-state index in [2.05, 4.69) is 9.62 Å². The Labute approximate surface area is 130 Å². The standard InChI is InChI=1S/C15H21N3O3S/c1-16-22(20,21)10-12-4-5-15-14(8-12)13(6-7-17(2)3)9-18(15)11-19/h4-5,8-9,11,16H,6-7,10H2,1-3H3. The number of rotatable bonds is 7. The molecule has 0 unspecified atom stereocenters. The van der Waals surface area contributed by atoms with Gasteiger partial charge in [0.2, 0.25) is 16.4 Å². The Bertz CT molecular complexity index is 779. The molecule has 1 aromatic carbocycles. The first-order valence-electron chi connectivity index (χ1n) is 7.00. The molecule has 2 rings (SSSR count). The van der Waals surface area contributed by atoms with Gasteiger partial charge >= 0.3 is 0 Å². The van der Waals surface area contributed by atoms with Gasteiger partial charge in [-0.2, -0.15) is 0 Å². The van der Waals surface area contributed by atoms with Crippen LogP contribution in [0.25, 0.3) is 10.9 Å². The third-order valence-electron chi connectivity index (χ3n) is 3.59. The third kappa shape index (κ3) is 3.73. The first-order chi connectivity index (χ1) is 10.4. The first kappa shape index (κ1) is 16.7. The predicted molar refractivity (Wildman–Crippen MR) is 88.0 cm³/mol. The largest absolute Gasteiger partial charge is 0.309 e. The van der Waals surface area contributed by atoms with Crippen molar-refractivity contribution >= 4 is 27.3 Å². The fraction of sp³-hybridized carbons (Fsp3) is 0.400. The number of likely N-dealkylation sites (N-methyl/N-ethyl adjacent to an activating group) is 1. The zero-order chi connectivity index (χ0) is 16.3. The molecule has 1 heterocycles. The molecule has 0 saturated heterocycles. The van der Waals surface area contributed by atoms with E-state index < -0.39 is 10.0 Å². The van der Waals surface area contributed by atoms with Crippen LogP contribution in [0, 0.1) is 0 Å². The fourth-order valence-corrected chi connectivity index (χ4v) is 3.15. The molecule has 0 fully saturated rings. The van der Waals surface area contributed by atoms with Gasteiger partial charge in [-0.3, -0.25) is 9.36 Å². The highest BCUT2D eigenvalue weighted by molar-refractivity contribution is 7.88. The number of aromatic nitrogens is 1. The number of carbonyl (C=O) groups is 1. The van der Waals surface area contributed by atoms with Crippen LogP contribution in [0.5, 0.6) is 0 Å². The second kappa shape index (κ2) is 6.60. The van der Waals surface area contributed by atoms with Crippen LogP contribution >= 0.6 is 0 Å². The monoisotopic (exact) mass is 323 g/mol. The van der Waals surface area contributed by atoms with Crippen LogP contribution in [0.4, 0.5) is 0 Å². The van der Waals surface area contributed by atoms with Crippen molar-refractivity contribution in [3.8, 4) is 0 Å². The van der Waals surface area contributed by atoms with Gasteiger partial charge in [-0.25, -0.2) is 13.1 Å². The molecular weight excluding hydrogens is 302 g/mol. The van der Waals surface area contributed by atoms with E-state index in [4.69, 9.17) is 0 Å². The van der Waals surface area contributed by atoms with Gasteiger partial charge in [0.15, 0.2) is 0 Å². The molecule has 0 atom stereocenters. The summed E-state index contributed by atoms with van der Waals surface area (Å²) in [5.41, 5.74) is 2.55. The Morgan fingerprint density at radius 3 is 2.64 bits per heavy atom. The van der Waals surface area contributed by atoms with Crippen molar-refractivity contribution in [2.24, 2.45) is 0 Å². The van der Waals surface area contributed by atoms with E-state index in [-0.39, 0.29) is 5.75 Å². The van der Waals surface area contributed by atoms with E-state index in [1.807, 2.05) is 26.4 Å². The first-order valence-corrected chi connectivity index (χ1v) is 8.65. The molecule has 6 nitrogen and oxygen atoms in total. The molecule has 0 aliphatic heterocycles. The Kier molecular flexibility index (Phi) is 5.00. The molecule has 1 N–H and O–H groups in total. The van der Waals surface area contributed by atoms with Gasteiger partial charge < -0.3 is 4.90 Å². The summed E-state index contributed by atoms with van der Waals surface area (Å²) < 4.78 is 27.2. The number of nitrogens with one attached hydrogen (secondary N) is 1. The minimum absolute atomic E-state index is 0.0706. The maximum Gasteiger partial charge on any atom is 0.218 e. The van der Waals surface area contributed by atoms with Crippen molar-refractivity contribution in [3.05, 3.63) is 35.5 Å². The Hall–Kier alpha value is -1.70. The lowest BCUT2D eigenvalue weighted by Crippen LogP contribution is -2.20. The summed E-state index contributed by atoms with van der Waals surface area (Å²) in [5.74, 6) is -0.0706. The molecular formula is C15H21N3O3S. The smallest absolute Gasteiger partial charge is 0.218 e. The zero-order valence-corrected chi connectivity index (χ0v) is 13.9. The minimum atomic E-state index is -3.31. The van der Waals surface area contributed by atoms with Crippen molar-refractivity contribution in [1.82, 2.24) is 14.2 Å². The summed E-state index contributed by atoms with van der Waals surface area (Å²) in [6, 6.07) is 5.39. The van der Waals surface area contributed by atoms with Crippen molar-refractivity contribution in [2.75, 3.05) is 27.7 Å². The molecule has 22 heavy (non-hydrogen) atoms. The van der Waals surface area contributed by atoms with Gasteiger partial charge in [-0.1, -0.05) is 6.07 Å². The van der Waals surface area contributed by atoms with Crippen molar-refractivity contribution in [1.29, 1.82) is 0 Å². The molecule has 0 amide bonds. The van der Waals surface area contributed by atoms with Crippen molar-refractivity contribution < 1.29 is 13.2 Å². The number of fused-ring (bicyclic) bond motifs is 1. The summed E-state index contributed by atoms with van der Waals surface area (Å²) >= 11 is 0. The molecule has 2 aromatic rings. The van der Waals surface area contributed by atoms with Gasteiger partial charge in [-0.05, 0) is 50.8 Å². The summed E-state index contributed by atoms with van der Waals surface area (Å²) in [7, 11) is 2.07. The quantitative estimate of drug-likeness (QED) is 0.766. The predicted octanol–water partition coefficient (Wildman–Crippen LogP) is 0.833. The van der Waals surface area contributed by atoms with Crippen LogP contribution in [0.1, 0.15) is 11.1 Å². The molecule has 1 aromatic heterocycles. The van der Waals surface area contributed by atoms with Crippen LogP contribution in [0.15, 0.2) is 24.4 Å². The van der Waals surface area contributed by atoms with E-state index in [0.29, 0.717) is 5.56 Å². The molecule has 0 spiro atoms. The number of sulfonamides is 1. The number of hydrogen-bond donors (Lipinski definition) is 1. The second-order valence-corrected chi connectivity index (χ2v) is 7.46. The lowest BCUT2D eigenvalue weighted by Gasteiger charge is -2.08. The van der Waals surface area contributed by atoms with Gasteiger partial charge in [-0.15, -0.1) is 0 Å². The molecule has 0 aliphatic rings. The van der Waals surface area contributed by atoms with E-state index in [1.165, 1.54) is 11.6 Å². The van der Waals surface area contributed by atoms with E-state index in [0.717, 1.165) is 35.8 Å². The van der Waals surface area contributed by atoms with Gasteiger partial charge in [0.25, 0.3) is 0 Å². The van der Waals surface area contributed by atoms with Gasteiger partial charge in [0.05, 0.1) is 11.3 Å². The maximum atomic E-state index is 11.7. The lowest BCUT2D eigenvalue weighted by atomic mass is 10.1. The summed E-state index contributed by atoms with van der Waals surface area (Å²) in [4.78, 5) is 13.2. The molecule has 0 bridgehead atoms. The molecule has 120 valence electrons. The zero-order valence-electron chi connectivity index (χ0n) is 13.0. The number of hydrogen-bond acceptors (Lipinski definition) is 4. The number of nitrogens with zero attached hydrogens (tertiary/aromatic N) is 2. The van der Waals surface area contributed by atoms with E-state index in [9.17, 15) is 13.2 Å². The molecule has 0 radical (unpaired) electrons. The highest BCUT2D eigenvalue weighted by atomic mass is 32.2. The second-order valence-electron chi connectivity index (χ2n) is 5.54. The third-order valence-corrected chi connectivity index (χ3v) is 4.92. The van der Waals surface area contributed by atoms with Crippen LogP contribution in [0.3, 0.4) is 0 Å². The topological polar surface area (TPSA) is 71.4 Å². The average molecular weight is 323 g/mol. The Balaban J connectivity index is 2.44.